The zero-order valence-corrected chi connectivity index (χ0v) is 21.4. The fourth-order valence-electron chi connectivity index (χ4n) is 5.54. The zero-order chi connectivity index (χ0) is 26.7. The summed E-state index contributed by atoms with van der Waals surface area (Å²) in [7, 11) is 1.88. The number of para-hydroxylation sites is 1. The van der Waals surface area contributed by atoms with E-state index < -0.39 is 0 Å². The van der Waals surface area contributed by atoms with Crippen LogP contribution in [0.3, 0.4) is 0 Å². The van der Waals surface area contributed by atoms with Crippen molar-refractivity contribution in [3.63, 3.8) is 0 Å². The minimum absolute atomic E-state index is 0.142. The van der Waals surface area contributed by atoms with Gasteiger partial charge in [-0.05, 0) is 30.2 Å². The van der Waals surface area contributed by atoms with Crippen molar-refractivity contribution in [2.24, 2.45) is 17.0 Å². The van der Waals surface area contributed by atoms with Crippen LogP contribution in [-0.2, 0) is 11.8 Å². The van der Waals surface area contributed by atoms with Crippen molar-refractivity contribution in [2.45, 2.75) is 6.92 Å². The molecule has 190 valence electrons. The Labute approximate surface area is 224 Å². The quantitative estimate of drug-likeness (QED) is 0.345. The maximum atomic E-state index is 14.3. The van der Waals surface area contributed by atoms with Crippen LogP contribution in [0.4, 0.5) is 5.82 Å². The molecule has 0 atom stereocenters. The Morgan fingerprint density at radius 3 is 2.05 bits per heavy atom. The summed E-state index contributed by atoms with van der Waals surface area (Å²) >= 11 is 0. The molecular formula is C31H24N6O2. The first-order valence-electron chi connectivity index (χ1n) is 12.7. The summed E-state index contributed by atoms with van der Waals surface area (Å²) in [4.78, 5) is 37.8. The highest BCUT2D eigenvalue weighted by Gasteiger charge is 2.37. The predicted molar refractivity (Wildman–Crippen MR) is 152 cm³/mol. The molecule has 0 saturated heterocycles. The molecular weight excluding hydrogens is 488 g/mol. The molecule has 0 radical (unpaired) electrons. The van der Waals surface area contributed by atoms with Gasteiger partial charge in [0.25, 0.3) is 11.5 Å². The normalized spacial score (nSPS) is 13.9. The molecule has 2 aliphatic heterocycles. The number of rotatable bonds is 4. The molecule has 0 N–H and O–H groups in total. The highest BCUT2D eigenvalue weighted by Crippen LogP contribution is 2.47. The third-order valence-electron chi connectivity index (χ3n) is 7.35. The van der Waals surface area contributed by atoms with Crippen molar-refractivity contribution in [3.8, 4) is 33.8 Å². The van der Waals surface area contributed by atoms with Gasteiger partial charge in [-0.1, -0.05) is 78.9 Å². The van der Waals surface area contributed by atoms with Gasteiger partial charge >= 0.3 is 0 Å². The lowest BCUT2D eigenvalue weighted by molar-refractivity contribution is -0.116. The van der Waals surface area contributed by atoms with Gasteiger partial charge in [-0.3, -0.25) is 18.8 Å². The molecule has 0 unspecified atom stereocenters. The molecule has 39 heavy (non-hydrogen) atoms. The maximum absolute atomic E-state index is 14.3. The van der Waals surface area contributed by atoms with E-state index in [2.05, 4.69) is 4.99 Å². The number of carbonyl (C=O) groups excluding carboxylic acids is 1. The minimum atomic E-state index is -0.223. The monoisotopic (exact) mass is 512 g/mol. The van der Waals surface area contributed by atoms with E-state index in [4.69, 9.17) is 4.99 Å². The summed E-state index contributed by atoms with van der Waals surface area (Å²) < 4.78 is 5.48. The number of carbonyl (C=O) groups is 1. The maximum Gasteiger partial charge on any atom is 0.296 e. The van der Waals surface area contributed by atoms with Crippen LogP contribution in [0.5, 0.6) is 0 Å². The van der Waals surface area contributed by atoms with E-state index in [0.717, 1.165) is 39.3 Å². The number of benzene rings is 3. The van der Waals surface area contributed by atoms with E-state index >= 15 is 0 Å². The van der Waals surface area contributed by atoms with Crippen molar-refractivity contribution in [3.05, 3.63) is 113 Å². The van der Waals surface area contributed by atoms with E-state index in [-0.39, 0.29) is 18.0 Å². The van der Waals surface area contributed by atoms with Crippen LogP contribution < -0.4 is 5.56 Å². The van der Waals surface area contributed by atoms with Crippen LogP contribution in [0.15, 0.2) is 106 Å². The number of nitrogens with zero attached hydrogens (tertiary/aromatic N) is 6. The van der Waals surface area contributed by atoms with Gasteiger partial charge in [0, 0.05) is 12.6 Å². The highest BCUT2D eigenvalue weighted by molar-refractivity contribution is 6.23. The molecule has 3 aromatic carbocycles. The topological polar surface area (TPSA) is 76.9 Å². The fourth-order valence-corrected chi connectivity index (χ4v) is 5.54. The number of amides is 1. The number of aromatic nitrogens is 3. The van der Waals surface area contributed by atoms with Gasteiger partial charge in [0.15, 0.2) is 5.82 Å². The average Bonchev–Trinajstić information content (AvgIpc) is 3.58. The third kappa shape index (κ3) is 3.38. The van der Waals surface area contributed by atoms with E-state index in [1.165, 1.54) is 0 Å². The van der Waals surface area contributed by atoms with Crippen molar-refractivity contribution < 1.29 is 4.79 Å². The standard InChI is InChI=1S/C31H24N6O2/c1-20-27(31(39)37(34(20)2)23-16-10-5-11-17-23)36-28(22-14-8-4-9-15-22)25(21-12-6-3-7-13-21)26-29(36)32-19-35-18-24(38)33-30(26)35/h3-17,19H,18H2,1-2H3. The molecule has 7 rings (SSSR count). The predicted octanol–water partition coefficient (Wildman–Crippen LogP) is 4.87. The smallest absolute Gasteiger partial charge is 0.296 e. The van der Waals surface area contributed by atoms with E-state index in [1.807, 2.05) is 114 Å². The summed E-state index contributed by atoms with van der Waals surface area (Å²) in [6.07, 6.45) is 1.64. The number of aliphatic imine (C=N–C) groups is 2. The first kappa shape index (κ1) is 22.9. The van der Waals surface area contributed by atoms with Crippen LogP contribution in [0.25, 0.3) is 33.8 Å². The SMILES string of the molecule is Cc1c(-n2c3c(c(-c4ccccc4)c2-c2ccccc2)C2=NC(=O)CN2C=N3)c(=O)n(-c2ccccc2)n1C. The first-order chi connectivity index (χ1) is 19.0. The minimum Gasteiger partial charge on any atom is -0.307 e. The summed E-state index contributed by atoms with van der Waals surface area (Å²) in [5, 5.41) is 0. The molecule has 2 aliphatic rings. The van der Waals surface area contributed by atoms with Crippen molar-refractivity contribution >= 4 is 23.9 Å². The first-order valence-corrected chi connectivity index (χ1v) is 12.7. The Kier molecular flexibility index (Phi) is 5.09. The largest absolute Gasteiger partial charge is 0.307 e. The molecule has 0 aliphatic carbocycles. The van der Waals surface area contributed by atoms with Crippen LogP contribution in [0, 0.1) is 6.92 Å². The van der Waals surface area contributed by atoms with Crippen LogP contribution >= 0.6 is 0 Å². The lowest BCUT2D eigenvalue weighted by Crippen LogP contribution is -2.30. The summed E-state index contributed by atoms with van der Waals surface area (Å²) in [6.45, 7) is 2.08. The molecule has 8 nitrogen and oxygen atoms in total. The highest BCUT2D eigenvalue weighted by atomic mass is 16.2. The van der Waals surface area contributed by atoms with Gasteiger partial charge in [0.2, 0.25) is 0 Å². The van der Waals surface area contributed by atoms with E-state index in [9.17, 15) is 9.59 Å². The Balaban J connectivity index is 1.65. The molecule has 0 fully saturated rings. The second-order valence-electron chi connectivity index (χ2n) is 9.60. The van der Waals surface area contributed by atoms with Gasteiger partial charge < -0.3 is 4.90 Å². The van der Waals surface area contributed by atoms with Crippen LogP contribution in [0.1, 0.15) is 11.3 Å². The van der Waals surface area contributed by atoms with Crippen molar-refractivity contribution in [1.29, 1.82) is 0 Å². The zero-order valence-electron chi connectivity index (χ0n) is 21.4. The number of hydrogen-bond donors (Lipinski definition) is 0. The number of hydrogen-bond acceptors (Lipinski definition) is 4. The summed E-state index contributed by atoms with van der Waals surface area (Å²) in [5.41, 5.74) is 6.17. The van der Waals surface area contributed by atoms with Gasteiger partial charge in [0.1, 0.15) is 18.1 Å². The molecule has 8 heteroatoms. The number of amidine groups is 1. The molecule has 2 aromatic heterocycles. The Morgan fingerprint density at radius 1 is 0.769 bits per heavy atom. The molecule has 0 bridgehead atoms. The van der Waals surface area contributed by atoms with Gasteiger partial charge in [-0.15, -0.1) is 0 Å². The van der Waals surface area contributed by atoms with Gasteiger partial charge in [-0.25, -0.2) is 9.67 Å². The third-order valence-corrected chi connectivity index (χ3v) is 7.35. The summed E-state index contributed by atoms with van der Waals surface area (Å²) in [6, 6.07) is 29.6. The van der Waals surface area contributed by atoms with E-state index in [1.54, 1.807) is 15.9 Å². The molecule has 4 heterocycles. The Bertz CT molecular complexity index is 1880. The summed E-state index contributed by atoms with van der Waals surface area (Å²) in [5.74, 6) is 0.903. The van der Waals surface area contributed by atoms with Crippen molar-refractivity contribution in [2.75, 3.05) is 6.54 Å². The van der Waals surface area contributed by atoms with E-state index in [0.29, 0.717) is 17.3 Å². The Hall–Kier alpha value is -5.24. The van der Waals surface area contributed by atoms with Crippen LogP contribution in [-0.4, -0.2) is 43.5 Å². The lowest BCUT2D eigenvalue weighted by Gasteiger charge is -2.19. The second kappa shape index (κ2) is 8.66. The molecule has 0 spiro atoms. The molecule has 5 aromatic rings. The van der Waals surface area contributed by atoms with Crippen molar-refractivity contribution in [1.82, 2.24) is 18.8 Å². The molecule has 0 saturated carbocycles. The molecule has 1 amide bonds. The van der Waals surface area contributed by atoms with Gasteiger partial charge in [-0.2, -0.15) is 4.99 Å². The van der Waals surface area contributed by atoms with Gasteiger partial charge in [0.05, 0.1) is 29.0 Å². The average molecular weight is 513 g/mol. The lowest BCUT2D eigenvalue weighted by atomic mass is 9.96. The fraction of sp³-hybridized carbons (Fsp3) is 0.0968. The van der Waals surface area contributed by atoms with Crippen LogP contribution in [0.2, 0.25) is 0 Å². The second-order valence-corrected chi connectivity index (χ2v) is 9.60. The number of fused-ring (bicyclic) bond motifs is 3. The Morgan fingerprint density at radius 2 is 1.38 bits per heavy atom.